The van der Waals surface area contributed by atoms with Crippen LogP contribution in [0.4, 0.5) is 0 Å². The highest BCUT2D eigenvalue weighted by Gasteiger charge is 2.19. The normalized spacial score (nSPS) is 15.0. The number of methoxy groups -OCH3 is 1. The third-order valence-electron chi connectivity index (χ3n) is 4.00. The maximum atomic E-state index is 6.30. The quantitative estimate of drug-likeness (QED) is 0.682. The second kappa shape index (κ2) is 6.80. The average Bonchev–Trinajstić information content (AvgIpc) is 3.00. The Balaban J connectivity index is 1.95. The van der Waals surface area contributed by atoms with Crippen LogP contribution in [-0.2, 0) is 0 Å². The Bertz CT molecular complexity index is 664. The molecule has 22 heavy (non-hydrogen) atoms. The van der Waals surface area contributed by atoms with Gasteiger partial charge in [0.05, 0.1) is 13.2 Å². The summed E-state index contributed by atoms with van der Waals surface area (Å²) in [4.78, 5) is 0. The van der Waals surface area contributed by atoms with Crippen molar-refractivity contribution < 1.29 is 9.47 Å². The van der Waals surface area contributed by atoms with E-state index in [1.54, 1.807) is 13.2 Å². The number of benzene rings is 2. The van der Waals surface area contributed by atoms with Crippen LogP contribution >= 0.6 is 23.2 Å². The first-order valence-electron chi connectivity index (χ1n) is 7.47. The van der Waals surface area contributed by atoms with Crippen molar-refractivity contribution in [2.75, 3.05) is 7.11 Å². The lowest BCUT2D eigenvalue weighted by Gasteiger charge is -2.17. The average molecular weight is 337 g/mol. The molecule has 2 aromatic rings. The van der Waals surface area contributed by atoms with Crippen molar-refractivity contribution in [3.63, 3.8) is 0 Å². The highest BCUT2D eigenvalue weighted by Crippen LogP contribution is 2.38. The van der Waals surface area contributed by atoms with Crippen LogP contribution in [0, 0.1) is 0 Å². The molecule has 0 aliphatic heterocycles. The Morgan fingerprint density at radius 1 is 0.955 bits per heavy atom. The van der Waals surface area contributed by atoms with E-state index in [4.69, 9.17) is 32.7 Å². The standard InChI is InChI=1S/C18H18Cl2O2/c1-21-17-9-6-12(15-8-7-13(19)11-16(15)20)10-18(17)22-14-4-2-3-5-14/h6-11,14H,2-5H2,1H3. The molecule has 116 valence electrons. The first-order chi connectivity index (χ1) is 10.7. The van der Waals surface area contributed by atoms with Crippen molar-refractivity contribution in [1.29, 1.82) is 0 Å². The first-order valence-corrected chi connectivity index (χ1v) is 8.23. The third-order valence-corrected chi connectivity index (χ3v) is 4.55. The van der Waals surface area contributed by atoms with Crippen LogP contribution in [0.1, 0.15) is 25.7 Å². The van der Waals surface area contributed by atoms with Gasteiger partial charge in [0, 0.05) is 15.6 Å². The minimum absolute atomic E-state index is 0.282. The van der Waals surface area contributed by atoms with Gasteiger partial charge in [-0.1, -0.05) is 35.3 Å². The highest BCUT2D eigenvalue weighted by atomic mass is 35.5. The van der Waals surface area contributed by atoms with E-state index in [1.807, 2.05) is 30.3 Å². The van der Waals surface area contributed by atoms with Crippen LogP contribution in [0.2, 0.25) is 10.0 Å². The summed E-state index contributed by atoms with van der Waals surface area (Å²) in [5, 5.41) is 1.26. The molecule has 0 radical (unpaired) electrons. The minimum Gasteiger partial charge on any atom is -0.493 e. The molecule has 1 aliphatic rings. The number of halogens is 2. The first kappa shape index (κ1) is 15.5. The maximum absolute atomic E-state index is 6.30. The summed E-state index contributed by atoms with van der Waals surface area (Å²) in [6, 6.07) is 11.4. The van der Waals surface area contributed by atoms with E-state index in [2.05, 4.69) is 0 Å². The molecule has 0 heterocycles. The summed E-state index contributed by atoms with van der Waals surface area (Å²) in [5.74, 6) is 1.53. The summed E-state index contributed by atoms with van der Waals surface area (Å²) in [6.45, 7) is 0. The Morgan fingerprint density at radius 3 is 2.41 bits per heavy atom. The molecular weight excluding hydrogens is 319 g/mol. The lowest BCUT2D eigenvalue weighted by atomic mass is 10.0. The fourth-order valence-electron chi connectivity index (χ4n) is 2.85. The van der Waals surface area contributed by atoms with Gasteiger partial charge in [-0.2, -0.15) is 0 Å². The van der Waals surface area contributed by atoms with Crippen LogP contribution in [0.25, 0.3) is 11.1 Å². The van der Waals surface area contributed by atoms with E-state index in [0.717, 1.165) is 35.5 Å². The predicted molar refractivity (Wildman–Crippen MR) is 91.3 cm³/mol. The number of ether oxygens (including phenoxy) is 2. The molecule has 3 rings (SSSR count). The molecule has 0 amide bonds. The molecule has 2 aromatic carbocycles. The molecule has 0 unspecified atom stereocenters. The van der Waals surface area contributed by atoms with Crippen molar-refractivity contribution in [1.82, 2.24) is 0 Å². The van der Waals surface area contributed by atoms with Crippen LogP contribution in [-0.4, -0.2) is 13.2 Å². The lowest BCUT2D eigenvalue weighted by molar-refractivity contribution is 0.201. The van der Waals surface area contributed by atoms with Crippen LogP contribution in [0.15, 0.2) is 36.4 Å². The molecular formula is C18H18Cl2O2. The van der Waals surface area contributed by atoms with Gasteiger partial charge in [-0.15, -0.1) is 0 Å². The van der Waals surface area contributed by atoms with Crippen molar-refractivity contribution in [2.24, 2.45) is 0 Å². The topological polar surface area (TPSA) is 18.5 Å². The van der Waals surface area contributed by atoms with Crippen molar-refractivity contribution >= 4 is 23.2 Å². The van der Waals surface area contributed by atoms with Gasteiger partial charge < -0.3 is 9.47 Å². The van der Waals surface area contributed by atoms with Gasteiger partial charge >= 0.3 is 0 Å². The van der Waals surface area contributed by atoms with Gasteiger partial charge in [0.15, 0.2) is 11.5 Å². The predicted octanol–water partition coefficient (Wildman–Crippen LogP) is 5.99. The lowest BCUT2D eigenvalue weighted by Crippen LogP contribution is -2.11. The Hall–Kier alpha value is -1.38. The monoisotopic (exact) mass is 336 g/mol. The van der Waals surface area contributed by atoms with Gasteiger partial charge in [-0.05, 0) is 55.5 Å². The van der Waals surface area contributed by atoms with E-state index in [0.29, 0.717) is 10.0 Å². The third kappa shape index (κ3) is 3.34. The highest BCUT2D eigenvalue weighted by molar-refractivity contribution is 6.36. The molecule has 0 atom stereocenters. The second-order valence-electron chi connectivity index (χ2n) is 5.51. The van der Waals surface area contributed by atoms with Crippen LogP contribution < -0.4 is 9.47 Å². The summed E-state index contributed by atoms with van der Waals surface area (Å²) < 4.78 is 11.5. The SMILES string of the molecule is COc1ccc(-c2ccc(Cl)cc2Cl)cc1OC1CCCC1. The van der Waals surface area contributed by atoms with Gasteiger partial charge in [0.1, 0.15) is 0 Å². The zero-order valence-corrected chi connectivity index (χ0v) is 14.0. The molecule has 0 aromatic heterocycles. The van der Waals surface area contributed by atoms with Crippen molar-refractivity contribution in [3.8, 4) is 22.6 Å². The zero-order valence-electron chi connectivity index (χ0n) is 12.4. The summed E-state index contributed by atoms with van der Waals surface area (Å²) in [6.07, 6.45) is 4.96. The van der Waals surface area contributed by atoms with E-state index >= 15 is 0 Å². The molecule has 0 bridgehead atoms. The molecule has 2 nitrogen and oxygen atoms in total. The van der Waals surface area contributed by atoms with E-state index in [1.165, 1.54) is 12.8 Å². The van der Waals surface area contributed by atoms with Gasteiger partial charge in [-0.25, -0.2) is 0 Å². The Labute approximate surface area is 141 Å². The molecule has 0 N–H and O–H groups in total. The molecule has 1 saturated carbocycles. The van der Waals surface area contributed by atoms with Crippen molar-refractivity contribution in [3.05, 3.63) is 46.4 Å². The zero-order chi connectivity index (χ0) is 15.5. The number of hydrogen-bond acceptors (Lipinski definition) is 2. The molecule has 1 aliphatic carbocycles. The maximum Gasteiger partial charge on any atom is 0.162 e. The second-order valence-corrected chi connectivity index (χ2v) is 6.36. The molecule has 4 heteroatoms. The van der Waals surface area contributed by atoms with Crippen LogP contribution in [0.3, 0.4) is 0 Å². The molecule has 0 saturated heterocycles. The minimum atomic E-state index is 0.282. The fourth-order valence-corrected chi connectivity index (χ4v) is 3.36. The fraction of sp³-hybridized carbons (Fsp3) is 0.333. The van der Waals surface area contributed by atoms with E-state index in [-0.39, 0.29) is 6.10 Å². The summed E-state index contributed by atoms with van der Waals surface area (Å²) in [7, 11) is 1.66. The summed E-state index contributed by atoms with van der Waals surface area (Å²) in [5.41, 5.74) is 1.93. The van der Waals surface area contributed by atoms with Gasteiger partial charge in [-0.3, -0.25) is 0 Å². The number of hydrogen-bond donors (Lipinski definition) is 0. The van der Waals surface area contributed by atoms with Gasteiger partial charge in [0.2, 0.25) is 0 Å². The summed E-state index contributed by atoms with van der Waals surface area (Å²) >= 11 is 12.3. The Morgan fingerprint density at radius 2 is 1.73 bits per heavy atom. The molecule has 0 spiro atoms. The molecule has 1 fully saturated rings. The van der Waals surface area contributed by atoms with Crippen molar-refractivity contribution in [2.45, 2.75) is 31.8 Å². The van der Waals surface area contributed by atoms with E-state index in [9.17, 15) is 0 Å². The Kier molecular flexibility index (Phi) is 4.80. The van der Waals surface area contributed by atoms with E-state index < -0.39 is 0 Å². The number of rotatable bonds is 4. The van der Waals surface area contributed by atoms with Gasteiger partial charge in [0.25, 0.3) is 0 Å². The largest absolute Gasteiger partial charge is 0.493 e. The smallest absolute Gasteiger partial charge is 0.162 e. The van der Waals surface area contributed by atoms with Crippen LogP contribution in [0.5, 0.6) is 11.5 Å².